The number of nitrogens with one attached hydrogen (secondary N) is 1. The van der Waals surface area contributed by atoms with E-state index < -0.39 is 11.9 Å². The Bertz CT molecular complexity index is 786. The third kappa shape index (κ3) is 4.60. The van der Waals surface area contributed by atoms with Crippen LogP contribution in [-0.2, 0) is 19.1 Å². The van der Waals surface area contributed by atoms with Gasteiger partial charge in [0.1, 0.15) is 5.70 Å². The number of methoxy groups -OCH3 is 2. The number of ether oxygens (including phenoxy) is 2. The van der Waals surface area contributed by atoms with Gasteiger partial charge in [-0.1, -0.05) is 35.9 Å². The Kier molecular flexibility index (Phi) is 5.98. The summed E-state index contributed by atoms with van der Waals surface area (Å²) < 4.78 is 9.21. The molecule has 0 saturated heterocycles. The van der Waals surface area contributed by atoms with Crippen LogP contribution in [0.5, 0.6) is 0 Å². The van der Waals surface area contributed by atoms with Crippen LogP contribution < -0.4 is 5.32 Å². The van der Waals surface area contributed by atoms with Crippen molar-refractivity contribution < 1.29 is 19.1 Å². The van der Waals surface area contributed by atoms with Crippen LogP contribution in [0.1, 0.15) is 0 Å². The molecule has 0 bridgehead atoms. The van der Waals surface area contributed by atoms with Crippen LogP contribution in [0.4, 0.5) is 5.69 Å². The van der Waals surface area contributed by atoms with Crippen molar-refractivity contribution in [3.8, 4) is 11.1 Å². The average Bonchev–Trinajstić information content (AvgIpc) is 2.60. The third-order valence-electron chi connectivity index (χ3n) is 3.17. The maximum Gasteiger partial charge on any atom is 0.354 e. The van der Waals surface area contributed by atoms with Crippen LogP contribution in [0.25, 0.3) is 11.1 Å². The number of carbonyl (C=O) groups is 2. The summed E-state index contributed by atoms with van der Waals surface area (Å²) in [7, 11) is 2.46. The Morgan fingerprint density at radius 3 is 2.29 bits per heavy atom. The Morgan fingerprint density at radius 2 is 1.67 bits per heavy atom. The summed E-state index contributed by atoms with van der Waals surface area (Å²) in [6.45, 7) is 0. The molecule has 0 radical (unpaired) electrons. The fourth-order valence-corrected chi connectivity index (χ4v) is 2.22. The lowest BCUT2D eigenvalue weighted by Gasteiger charge is -2.11. The number of rotatable bonds is 5. The molecule has 5 nitrogen and oxygen atoms in total. The van der Waals surface area contributed by atoms with Gasteiger partial charge in [0.2, 0.25) is 0 Å². The fourth-order valence-electron chi connectivity index (χ4n) is 2.03. The van der Waals surface area contributed by atoms with Gasteiger partial charge in [-0.05, 0) is 35.4 Å². The molecule has 24 heavy (non-hydrogen) atoms. The highest BCUT2D eigenvalue weighted by Gasteiger charge is 2.13. The van der Waals surface area contributed by atoms with Gasteiger partial charge in [0.05, 0.1) is 20.3 Å². The normalized spacial score (nSPS) is 10.9. The molecule has 0 aliphatic heterocycles. The molecule has 0 unspecified atom stereocenters. The molecule has 2 aromatic rings. The standard InChI is InChI=1S/C18H16ClNO4/c1-23-17(21)11-16(18(22)24-2)20-15-8-4-6-13(10-15)12-5-3-7-14(19)9-12/h3-11,20H,1-2H3/b16-11+. The van der Waals surface area contributed by atoms with E-state index in [4.69, 9.17) is 11.6 Å². The first-order valence-electron chi connectivity index (χ1n) is 7.04. The number of hydrogen-bond acceptors (Lipinski definition) is 5. The number of anilines is 1. The molecular weight excluding hydrogens is 330 g/mol. The highest BCUT2D eigenvalue weighted by molar-refractivity contribution is 6.30. The Hall–Kier alpha value is -2.79. The van der Waals surface area contributed by atoms with Crippen LogP contribution in [0.15, 0.2) is 60.3 Å². The van der Waals surface area contributed by atoms with E-state index >= 15 is 0 Å². The molecule has 0 aliphatic carbocycles. The van der Waals surface area contributed by atoms with Crippen LogP contribution >= 0.6 is 11.6 Å². The minimum Gasteiger partial charge on any atom is -0.466 e. The minimum atomic E-state index is -0.673. The molecule has 6 heteroatoms. The van der Waals surface area contributed by atoms with Crippen LogP contribution in [0, 0.1) is 0 Å². The lowest BCUT2D eigenvalue weighted by atomic mass is 10.1. The molecular formula is C18H16ClNO4. The highest BCUT2D eigenvalue weighted by Crippen LogP contribution is 2.25. The second kappa shape index (κ2) is 8.17. The highest BCUT2D eigenvalue weighted by atomic mass is 35.5. The van der Waals surface area contributed by atoms with Crippen LogP contribution in [-0.4, -0.2) is 26.2 Å². The fraction of sp³-hybridized carbons (Fsp3) is 0.111. The molecule has 0 atom stereocenters. The van der Waals surface area contributed by atoms with Crippen LogP contribution in [0.3, 0.4) is 0 Å². The number of esters is 2. The number of halogens is 1. The van der Waals surface area contributed by atoms with Crippen molar-refractivity contribution in [1.29, 1.82) is 0 Å². The predicted octanol–water partition coefficient (Wildman–Crippen LogP) is 3.65. The Balaban J connectivity index is 2.31. The molecule has 0 aromatic heterocycles. The van der Waals surface area contributed by atoms with Gasteiger partial charge < -0.3 is 14.8 Å². The van der Waals surface area contributed by atoms with E-state index in [1.165, 1.54) is 14.2 Å². The summed E-state index contributed by atoms with van der Waals surface area (Å²) in [6.07, 6.45) is 1.04. The summed E-state index contributed by atoms with van der Waals surface area (Å²) in [4.78, 5) is 23.2. The van der Waals surface area contributed by atoms with Gasteiger partial charge in [0, 0.05) is 10.7 Å². The zero-order valence-electron chi connectivity index (χ0n) is 13.2. The minimum absolute atomic E-state index is 0.0207. The van der Waals surface area contributed by atoms with Gasteiger partial charge in [-0.3, -0.25) is 0 Å². The van der Waals surface area contributed by atoms with Crippen molar-refractivity contribution in [1.82, 2.24) is 0 Å². The molecule has 0 amide bonds. The van der Waals surface area contributed by atoms with Crippen molar-refractivity contribution in [2.45, 2.75) is 0 Å². The van der Waals surface area contributed by atoms with E-state index in [0.717, 1.165) is 17.2 Å². The van der Waals surface area contributed by atoms with Crippen LogP contribution in [0.2, 0.25) is 5.02 Å². The second-order valence-corrected chi connectivity index (χ2v) is 5.23. The molecule has 2 aromatic carbocycles. The number of benzene rings is 2. The van der Waals surface area contributed by atoms with E-state index in [-0.39, 0.29) is 5.70 Å². The van der Waals surface area contributed by atoms with Crippen molar-refractivity contribution in [3.05, 3.63) is 65.3 Å². The second-order valence-electron chi connectivity index (χ2n) is 4.79. The summed E-state index contributed by atoms with van der Waals surface area (Å²) >= 11 is 6.02. The maximum absolute atomic E-state index is 11.8. The molecule has 0 saturated carbocycles. The molecule has 1 N–H and O–H groups in total. The first-order chi connectivity index (χ1) is 11.5. The lowest BCUT2D eigenvalue weighted by molar-refractivity contribution is -0.138. The smallest absolute Gasteiger partial charge is 0.354 e. The van der Waals surface area contributed by atoms with Crippen molar-refractivity contribution in [2.75, 3.05) is 19.5 Å². The SMILES string of the molecule is COC(=O)/C=C(/Nc1cccc(-c2cccc(Cl)c2)c1)C(=O)OC. The van der Waals surface area contributed by atoms with Gasteiger partial charge in [0.15, 0.2) is 0 Å². The molecule has 0 heterocycles. The molecule has 0 spiro atoms. The average molecular weight is 346 g/mol. The monoisotopic (exact) mass is 345 g/mol. The first kappa shape index (κ1) is 17.6. The largest absolute Gasteiger partial charge is 0.466 e. The maximum atomic E-state index is 11.8. The summed E-state index contributed by atoms with van der Waals surface area (Å²) in [5.41, 5.74) is 2.44. The number of hydrogen-bond donors (Lipinski definition) is 1. The topological polar surface area (TPSA) is 64.6 Å². The Labute approximate surface area is 144 Å². The quantitative estimate of drug-likeness (QED) is 0.662. The summed E-state index contributed by atoms with van der Waals surface area (Å²) in [5, 5.41) is 3.50. The zero-order valence-corrected chi connectivity index (χ0v) is 14.0. The predicted molar refractivity (Wildman–Crippen MR) is 92.6 cm³/mol. The van der Waals surface area contributed by atoms with Gasteiger partial charge in [-0.15, -0.1) is 0 Å². The molecule has 0 aliphatic rings. The lowest BCUT2D eigenvalue weighted by Crippen LogP contribution is -2.15. The summed E-state index contributed by atoms with van der Waals surface area (Å²) in [6, 6.07) is 14.8. The van der Waals surface area contributed by atoms with E-state index in [2.05, 4.69) is 14.8 Å². The van der Waals surface area contributed by atoms with Gasteiger partial charge in [0.25, 0.3) is 0 Å². The van der Waals surface area contributed by atoms with E-state index in [9.17, 15) is 9.59 Å². The first-order valence-corrected chi connectivity index (χ1v) is 7.42. The van der Waals surface area contributed by atoms with Crippen molar-refractivity contribution >= 4 is 29.2 Å². The van der Waals surface area contributed by atoms with E-state index in [1.54, 1.807) is 12.1 Å². The van der Waals surface area contributed by atoms with Gasteiger partial charge >= 0.3 is 11.9 Å². The Morgan fingerprint density at radius 1 is 1.00 bits per heavy atom. The summed E-state index contributed by atoms with van der Waals surface area (Å²) in [5.74, 6) is -1.33. The third-order valence-corrected chi connectivity index (χ3v) is 3.40. The van der Waals surface area contributed by atoms with E-state index in [0.29, 0.717) is 10.7 Å². The molecule has 2 rings (SSSR count). The van der Waals surface area contributed by atoms with E-state index in [1.807, 2.05) is 36.4 Å². The molecule has 124 valence electrons. The van der Waals surface area contributed by atoms with Gasteiger partial charge in [-0.25, -0.2) is 9.59 Å². The zero-order chi connectivity index (χ0) is 17.5. The van der Waals surface area contributed by atoms with Crippen molar-refractivity contribution in [3.63, 3.8) is 0 Å². The van der Waals surface area contributed by atoms with Crippen molar-refractivity contribution in [2.24, 2.45) is 0 Å². The molecule has 0 fully saturated rings. The van der Waals surface area contributed by atoms with Gasteiger partial charge in [-0.2, -0.15) is 0 Å². The number of carbonyl (C=O) groups excluding carboxylic acids is 2.